The first-order valence-corrected chi connectivity index (χ1v) is 5.62. The molecule has 0 saturated carbocycles. The summed E-state index contributed by atoms with van der Waals surface area (Å²) in [5, 5.41) is 18.7. The van der Waals surface area contributed by atoms with Crippen molar-refractivity contribution in [3.63, 3.8) is 0 Å². The second-order valence-corrected chi connectivity index (χ2v) is 4.17. The van der Waals surface area contributed by atoms with Crippen molar-refractivity contribution in [2.45, 2.75) is 26.2 Å². The molecule has 17 heavy (non-hydrogen) atoms. The number of halogens is 1. The van der Waals surface area contributed by atoms with Gasteiger partial charge in [0.2, 0.25) is 0 Å². The number of carboxylic acid groups (broad SMARTS) is 1. The van der Waals surface area contributed by atoms with Gasteiger partial charge in [-0.2, -0.15) is 0 Å². The lowest BCUT2D eigenvalue weighted by Crippen LogP contribution is -2.00. The number of phenolic OH excluding ortho intramolecular Hbond substituents is 1. The summed E-state index contributed by atoms with van der Waals surface area (Å²) in [5.41, 5.74) is 1.57. The topological polar surface area (TPSA) is 66.8 Å². The van der Waals surface area contributed by atoms with Crippen molar-refractivity contribution in [1.29, 1.82) is 0 Å². The maximum absolute atomic E-state index is 10.5. The van der Waals surface area contributed by atoms with Crippen LogP contribution in [0.25, 0.3) is 0 Å². The van der Waals surface area contributed by atoms with E-state index in [9.17, 15) is 9.90 Å². The van der Waals surface area contributed by atoms with Crippen LogP contribution in [0.15, 0.2) is 6.07 Å². The fourth-order valence-electron chi connectivity index (χ4n) is 1.71. The number of ether oxygens (including phenoxy) is 1. The van der Waals surface area contributed by atoms with Crippen LogP contribution in [0.3, 0.4) is 0 Å². The van der Waals surface area contributed by atoms with Crippen molar-refractivity contribution < 1.29 is 19.7 Å². The summed E-state index contributed by atoms with van der Waals surface area (Å²) in [4.78, 5) is 10.5. The molecule has 1 aromatic rings. The zero-order chi connectivity index (χ0) is 13.0. The highest BCUT2D eigenvalue weighted by Gasteiger charge is 2.15. The minimum Gasteiger partial charge on any atom is -0.504 e. The number of aromatic hydroxyl groups is 1. The average Bonchev–Trinajstić information content (AvgIpc) is 2.24. The maximum atomic E-state index is 10.5. The van der Waals surface area contributed by atoms with Crippen LogP contribution in [0.2, 0.25) is 5.02 Å². The number of aliphatic carboxylic acids is 1. The van der Waals surface area contributed by atoms with Gasteiger partial charge in [0.05, 0.1) is 7.11 Å². The lowest BCUT2D eigenvalue weighted by atomic mass is 10.0. The molecule has 0 atom stereocenters. The molecule has 0 aliphatic carbocycles. The number of carbonyl (C=O) groups is 1. The number of phenols is 1. The number of carboxylic acids is 1. The van der Waals surface area contributed by atoms with Gasteiger partial charge in [-0.1, -0.05) is 11.6 Å². The van der Waals surface area contributed by atoms with Crippen molar-refractivity contribution in [3.8, 4) is 11.5 Å². The molecule has 0 fully saturated rings. The number of methoxy groups -OCH3 is 1. The predicted octanol–water partition coefficient (Wildman–Crippen LogP) is 2.77. The molecular weight excluding hydrogens is 244 g/mol. The van der Waals surface area contributed by atoms with Gasteiger partial charge in [-0.3, -0.25) is 4.79 Å². The fraction of sp³-hybridized carbons (Fsp3) is 0.417. The average molecular weight is 259 g/mol. The number of hydrogen-bond acceptors (Lipinski definition) is 3. The molecule has 0 unspecified atom stereocenters. The Morgan fingerprint density at radius 2 is 2.18 bits per heavy atom. The Morgan fingerprint density at radius 3 is 2.71 bits per heavy atom. The first-order valence-electron chi connectivity index (χ1n) is 5.24. The zero-order valence-corrected chi connectivity index (χ0v) is 10.5. The third-order valence-corrected chi connectivity index (χ3v) is 3.00. The monoisotopic (exact) mass is 258 g/mol. The van der Waals surface area contributed by atoms with Crippen molar-refractivity contribution in [2.24, 2.45) is 0 Å². The Kier molecular flexibility index (Phi) is 4.63. The van der Waals surface area contributed by atoms with Gasteiger partial charge >= 0.3 is 5.97 Å². The number of hydrogen-bond donors (Lipinski definition) is 2. The highest BCUT2D eigenvalue weighted by Crippen LogP contribution is 2.37. The quantitative estimate of drug-likeness (QED) is 0.852. The van der Waals surface area contributed by atoms with Crippen LogP contribution in [0.4, 0.5) is 0 Å². The van der Waals surface area contributed by atoms with Crippen LogP contribution in [0.1, 0.15) is 24.0 Å². The Bertz CT molecular complexity index is 429. The first-order chi connectivity index (χ1) is 7.97. The normalized spacial score (nSPS) is 10.3. The van der Waals surface area contributed by atoms with E-state index in [-0.39, 0.29) is 12.2 Å². The standard InChI is InChI=1S/C12H15ClO4/c1-7-8(4-3-5-11(15)16)12(17-2)10(14)6-9(7)13/h6,14H,3-5H2,1-2H3,(H,15,16). The summed E-state index contributed by atoms with van der Waals surface area (Å²) in [6, 6.07) is 1.43. The molecule has 1 aromatic carbocycles. The zero-order valence-electron chi connectivity index (χ0n) is 9.79. The van der Waals surface area contributed by atoms with Crippen molar-refractivity contribution in [2.75, 3.05) is 7.11 Å². The molecule has 2 N–H and O–H groups in total. The summed E-state index contributed by atoms with van der Waals surface area (Å²) in [6.07, 6.45) is 1.07. The summed E-state index contributed by atoms with van der Waals surface area (Å²) < 4.78 is 5.11. The van der Waals surface area contributed by atoms with Crippen molar-refractivity contribution >= 4 is 17.6 Å². The molecule has 0 aromatic heterocycles. The van der Waals surface area contributed by atoms with Gasteiger partial charge in [0.1, 0.15) is 0 Å². The van der Waals surface area contributed by atoms with E-state index < -0.39 is 5.97 Å². The van der Waals surface area contributed by atoms with E-state index in [1.54, 1.807) is 0 Å². The Balaban J connectivity index is 2.99. The van der Waals surface area contributed by atoms with E-state index in [2.05, 4.69) is 0 Å². The largest absolute Gasteiger partial charge is 0.504 e. The highest BCUT2D eigenvalue weighted by molar-refractivity contribution is 6.31. The molecule has 0 bridgehead atoms. The highest BCUT2D eigenvalue weighted by atomic mass is 35.5. The van der Waals surface area contributed by atoms with Crippen LogP contribution in [-0.4, -0.2) is 23.3 Å². The second kappa shape index (κ2) is 5.77. The molecule has 0 amide bonds. The van der Waals surface area contributed by atoms with Crippen molar-refractivity contribution in [3.05, 3.63) is 22.2 Å². The smallest absolute Gasteiger partial charge is 0.303 e. The molecule has 0 aliphatic rings. The minimum absolute atomic E-state index is 0.0200. The SMILES string of the molecule is COc1c(O)cc(Cl)c(C)c1CCCC(=O)O. The lowest BCUT2D eigenvalue weighted by molar-refractivity contribution is -0.137. The van der Waals surface area contributed by atoms with Gasteiger partial charge in [0.25, 0.3) is 0 Å². The fourth-order valence-corrected chi connectivity index (χ4v) is 1.93. The molecule has 1 rings (SSSR count). The van der Waals surface area contributed by atoms with Gasteiger partial charge in [0.15, 0.2) is 11.5 Å². The second-order valence-electron chi connectivity index (χ2n) is 3.76. The Labute approximate surface area is 105 Å². The van der Waals surface area contributed by atoms with Gasteiger partial charge in [0, 0.05) is 23.1 Å². The summed E-state index contributed by atoms with van der Waals surface area (Å²) >= 11 is 5.96. The molecule has 0 radical (unpaired) electrons. The summed E-state index contributed by atoms with van der Waals surface area (Å²) in [7, 11) is 1.46. The van der Waals surface area contributed by atoms with Crippen LogP contribution in [0, 0.1) is 6.92 Å². The number of rotatable bonds is 5. The molecule has 94 valence electrons. The van der Waals surface area contributed by atoms with Crippen molar-refractivity contribution in [1.82, 2.24) is 0 Å². The molecule has 4 nitrogen and oxygen atoms in total. The van der Waals surface area contributed by atoms with E-state index in [0.29, 0.717) is 23.6 Å². The first kappa shape index (κ1) is 13.6. The van der Waals surface area contributed by atoms with E-state index in [0.717, 1.165) is 11.1 Å². The Morgan fingerprint density at radius 1 is 1.53 bits per heavy atom. The number of benzene rings is 1. The third kappa shape index (κ3) is 3.27. The minimum atomic E-state index is -0.840. The van der Waals surface area contributed by atoms with Crippen LogP contribution in [-0.2, 0) is 11.2 Å². The third-order valence-electron chi connectivity index (χ3n) is 2.60. The molecule has 0 aliphatic heterocycles. The van der Waals surface area contributed by atoms with Crippen LogP contribution >= 0.6 is 11.6 Å². The Hall–Kier alpha value is -1.42. The van der Waals surface area contributed by atoms with E-state index in [4.69, 9.17) is 21.4 Å². The van der Waals surface area contributed by atoms with Gasteiger partial charge in [-0.05, 0) is 25.3 Å². The molecule has 0 heterocycles. The predicted molar refractivity (Wildman–Crippen MR) is 65.0 cm³/mol. The van der Waals surface area contributed by atoms with Gasteiger partial charge in [-0.25, -0.2) is 0 Å². The van der Waals surface area contributed by atoms with Gasteiger partial charge in [-0.15, -0.1) is 0 Å². The molecule has 0 spiro atoms. The van der Waals surface area contributed by atoms with E-state index >= 15 is 0 Å². The van der Waals surface area contributed by atoms with Crippen LogP contribution < -0.4 is 4.74 Å². The molecule has 0 saturated heterocycles. The van der Waals surface area contributed by atoms with E-state index in [1.807, 2.05) is 6.92 Å². The molecular formula is C12H15ClO4. The lowest BCUT2D eigenvalue weighted by Gasteiger charge is -2.14. The maximum Gasteiger partial charge on any atom is 0.303 e. The summed E-state index contributed by atoms with van der Waals surface area (Å²) in [6.45, 7) is 1.82. The van der Waals surface area contributed by atoms with E-state index in [1.165, 1.54) is 13.2 Å². The molecule has 5 heteroatoms. The van der Waals surface area contributed by atoms with Gasteiger partial charge < -0.3 is 14.9 Å². The van der Waals surface area contributed by atoms with Crippen LogP contribution in [0.5, 0.6) is 11.5 Å². The summed E-state index contributed by atoms with van der Waals surface area (Å²) in [5.74, 6) is -0.487.